The molecule has 0 aliphatic carbocycles. The van der Waals surface area contributed by atoms with Gasteiger partial charge in [-0.2, -0.15) is 5.10 Å². The average Bonchev–Trinajstić information content (AvgIpc) is 2.28. The standard InChI is InChI=1S/C11H17N3O/c1-3-5-8-15-11-7-6-10(13-14-11)9-12-4-2/h3,5-7,12H,4,8-9H2,1-2H3. The van der Waals surface area contributed by atoms with E-state index in [1.807, 2.05) is 31.2 Å². The Morgan fingerprint density at radius 3 is 2.87 bits per heavy atom. The Morgan fingerprint density at radius 1 is 1.40 bits per heavy atom. The van der Waals surface area contributed by atoms with Gasteiger partial charge in [0.15, 0.2) is 0 Å². The highest BCUT2D eigenvalue weighted by atomic mass is 16.5. The molecule has 0 radical (unpaired) electrons. The molecule has 0 saturated carbocycles. The summed E-state index contributed by atoms with van der Waals surface area (Å²) in [6, 6.07) is 3.75. The van der Waals surface area contributed by atoms with Gasteiger partial charge in [-0.15, -0.1) is 5.10 Å². The van der Waals surface area contributed by atoms with Gasteiger partial charge in [0, 0.05) is 12.6 Å². The zero-order chi connectivity index (χ0) is 10.9. The molecule has 1 aromatic heterocycles. The molecule has 0 aliphatic heterocycles. The third kappa shape index (κ3) is 4.56. The van der Waals surface area contributed by atoms with Gasteiger partial charge in [-0.05, 0) is 19.5 Å². The van der Waals surface area contributed by atoms with Crippen molar-refractivity contribution < 1.29 is 4.74 Å². The number of nitrogens with one attached hydrogen (secondary N) is 1. The highest BCUT2D eigenvalue weighted by molar-refractivity contribution is 5.11. The lowest BCUT2D eigenvalue weighted by molar-refractivity contribution is 0.343. The second kappa shape index (κ2) is 6.95. The number of rotatable bonds is 6. The average molecular weight is 207 g/mol. The number of nitrogens with zero attached hydrogens (tertiary/aromatic N) is 2. The molecule has 1 heterocycles. The summed E-state index contributed by atoms with van der Waals surface area (Å²) in [5, 5.41) is 11.2. The van der Waals surface area contributed by atoms with E-state index in [2.05, 4.69) is 22.4 Å². The first-order chi connectivity index (χ1) is 7.36. The molecule has 0 spiro atoms. The molecule has 0 aliphatic rings. The molecule has 0 fully saturated rings. The van der Waals surface area contributed by atoms with Crippen LogP contribution in [0.5, 0.6) is 5.88 Å². The van der Waals surface area contributed by atoms with Gasteiger partial charge in [0.1, 0.15) is 6.61 Å². The second-order valence-electron chi connectivity index (χ2n) is 3.02. The van der Waals surface area contributed by atoms with Gasteiger partial charge in [0.25, 0.3) is 0 Å². The van der Waals surface area contributed by atoms with Crippen LogP contribution in [0.3, 0.4) is 0 Å². The number of hydrogen-bond acceptors (Lipinski definition) is 4. The maximum Gasteiger partial charge on any atom is 0.233 e. The largest absolute Gasteiger partial charge is 0.472 e. The maximum atomic E-state index is 5.33. The van der Waals surface area contributed by atoms with Crippen LogP contribution in [0.1, 0.15) is 19.5 Å². The summed E-state index contributed by atoms with van der Waals surface area (Å²) in [5.41, 5.74) is 0.926. The lowest BCUT2D eigenvalue weighted by atomic mass is 10.4. The van der Waals surface area contributed by atoms with E-state index < -0.39 is 0 Å². The Bertz CT molecular complexity index is 295. The van der Waals surface area contributed by atoms with Gasteiger partial charge in [0.2, 0.25) is 5.88 Å². The van der Waals surface area contributed by atoms with Crippen molar-refractivity contribution in [1.82, 2.24) is 15.5 Å². The normalized spacial score (nSPS) is 10.8. The summed E-state index contributed by atoms with van der Waals surface area (Å²) in [5.74, 6) is 0.563. The van der Waals surface area contributed by atoms with Gasteiger partial charge in [0.05, 0.1) is 5.69 Å². The molecule has 0 aromatic carbocycles. The molecule has 1 N–H and O–H groups in total. The number of aromatic nitrogens is 2. The van der Waals surface area contributed by atoms with Crippen molar-refractivity contribution in [2.24, 2.45) is 0 Å². The van der Waals surface area contributed by atoms with E-state index in [4.69, 9.17) is 4.74 Å². The van der Waals surface area contributed by atoms with Crippen LogP contribution < -0.4 is 10.1 Å². The third-order valence-corrected chi connectivity index (χ3v) is 1.81. The lowest BCUT2D eigenvalue weighted by Crippen LogP contribution is -2.13. The SMILES string of the molecule is CC=CCOc1ccc(CNCC)nn1. The van der Waals surface area contributed by atoms with Gasteiger partial charge in [-0.3, -0.25) is 0 Å². The van der Waals surface area contributed by atoms with Crippen molar-refractivity contribution in [3.63, 3.8) is 0 Å². The van der Waals surface area contributed by atoms with Gasteiger partial charge in [-0.1, -0.05) is 19.1 Å². The Balaban J connectivity index is 2.41. The zero-order valence-electron chi connectivity index (χ0n) is 9.23. The molecule has 0 saturated heterocycles. The highest BCUT2D eigenvalue weighted by Crippen LogP contribution is 2.04. The predicted molar refractivity (Wildman–Crippen MR) is 59.7 cm³/mol. The summed E-state index contributed by atoms with van der Waals surface area (Å²) in [4.78, 5) is 0. The molecule has 1 rings (SSSR count). The van der Waals surface area contributed by atoms with Crippen molar-refractivity contribution in [3.05, 3.63) is 30.0 Å². The molecule has 15 heavy (non-hydrogen) atoms. The summed E-state index contributed by atoms with van der Waals surface area (Å²) in [6.07, 6.45) is 3.86. The van der Waals surface area contributed by atoms with E-state index in [0.717, 1.165) is 18.8 Å². The third-order valence-electron chi connectivity index (χ3n) is 1.81. The highest BCUT2D eigenvalue weighted by Gasteiger charge is 1.96. The van der Waals surface area contributed by atoms with E-state index in [-0.39, 0.29) is 0 Å². The molecule has 0 bridgehead atoms. The molecule has 0 unspecified atom stereocenters. The monoisotopic (exact) mass is 207 g/mol. The first kappa shape index (κ1) is 11.7. The molecular formula is C11H17N3O. The molecule has 0 amide bonds. The Morgan fingerprint density at radius 2 is 2.27 bits per heavy atom. The van der Waals surface area contributed by atoms with E-state index >= 15 is 0 Å². The van der Waals surface area contributed by atoms with E-state index in [9.17, 15) is 0 Å². The fourth-order valence-corrected chi connectivity index (χ4v) is 1.00. The predicted octanol–water partition coefficient (Wildman–Crippen LogP) is 1.54. The fraction of sp³-hybridized carbons (Fsp3) is 0.455. The van der Waals surface area contributed by atoms with Crippen LogP contribution in [-0.2, 0) is 6.54 Å². The number of ether oxygens (including phenoxy) is 1. The van der Waals surface area contributed by atoms with Crippen LogP contribution in [0.25, 0.3) is 0 Å². The summed E-state index contributed by atoms with van der Waals surface area (Å²) in [7, 11) is 0. The van der Waals surface area contributed by atoms with Crippen LogP contribution in [-0.4, -0.2) is 23.3 Å². The van der Waals surface area contributed by atoms with Crippen molar-refractivity contribution >= 4 is 0 Å². The topological polar surface area (TPSA) is 47.0 Å². The Hall–Kier alpha value is -1.42. The van der Waals surface area contributed by atoms with Crippen LogP contribution in [0, 0.1) is 0 Å². The molecule has 0 atom stereocenters. The van der Waals surface area contributed by atoms with Gasteiger partial charge >= 0.3 is 0 Å². The van der Waals surface area contributed by atoms with Crippen molar-refractivity contribution in [2.45, 2.75) is 20.4 Å². The summed E-state index contributed by atoms with van der Waals surface area (Å²) in [6.45, 7) is 6.23. The first-order valence-corrected chi connectivity index (χ1v) is 5.14. The molecular weight excluding hydrogens is 190 g/mol. The fourth-order valence-electron chi connectivity index (χ4n) is 1.00. The second-order valence-corrected chi connectivity index (χ2v) is 3.02. The van der Waals surface area contributed by atoms with Crippen LogP contribution >= 0.6 is 0 Å². The van der Waals surface area contributed by atoms with Gasteiger partial charge < -0.3 is 10.1 Å². The summed E-state index contributed by atoms with van der Waals surface area (Å²) < 4.78 is 5.33. The van der Waals surface area contributed by atoms with Crippen molar-refractivity contribution in [3.8, 4) is 5.88 Å². The molecule has 1 aromatic rings. The van der Waals surface area contributed by atoms with Crippen molar-refractivity contribution in [2.75, 3.05) is 13.2 Å². The maximum absolute atomic E-state index is 5.33. The van der Waals surface area contributed by atoms with Crippen LogP contribution in [0.15, 0.2) is 24.3 Å². The smallest absolute Gasteiger partial charge is 0.233 e. The Kier molecular flexibility index (Phi) is 5.40. The summed E-state index contributed by atoms with van der Waals surface area (Å²) >= 11 is 0. The van der Waals surface area contributed by atoms with Gasteiger partial charge in [-0.25, -0.2) is 0 Å². The number of allylic oxidation sites excluding steroid dienone is 1. The lowest BCUT2D eigenvalue weighted by Gasteiger charge is -2.03. The zero-order valence-corrected chi connectivity index (χ0v) is 9.23. The van der Waals surface area contributed by atoms with E-state index in [0.29, 0.717) is 12.5 Å². The minimum Gasteiger partial charge on any atom is -0.472 e. The molecule has 82 valence electrons. The van der Waals surface area contributed by atoms with E-state index in [1.165, 1.54) is 0 Å². The quantitative estimate of drug-likeness (QED) is 0.719. The first-order valence-electron chi connectivity index (χ1n) is 5.14. The molecule has 4 nitrogen and oxygen atoms in total. The number of hydrogen-bond donors (Lipinski definition) is 1. The van der Waals surface area contributed by atoms with Crippen molar-refractivity contribution in [1.29, 1.82) is 0 Å². The Labute approximate surface area is 90.4 Å². The minimum atomic E-state index is 0.539. The van der Waals surface area contributed by atoms with Crippen LogP contribution in [0.4, 0.5) is 0 Å². The minimum absolute atomic E-state index is 0.539. The molecule has 4 heteroatoms. The van der Waals surface area contributed by atoms with E-state index in [1.54, 1.807) is 0 Å². The van der Waals surface area contributed by atoms with Crippen LogP contribution in [0.2, 0.25) is 0 Å².